The molecule has 0 atom stereocenters. The van der Waals surface area contributed by atoms with E-state index in [0.29, 0.717) is 19.1 Å². The monoisotopic (exact) mass is 230 g/mol. The van der Waals surface area contributed by atoms with Crippen molar-refractivity contribution in [1.29, 1.82) is 0 Å². The van der Waals surface area contributed by atoms with E-state index in [0.717, 1.165) is 17.8 Å². The second kappa shape index (κ2) is 4.31. The molecule has 17 heavy (non-hydrogen) atoms. The van der Waals surface area contributed by atoms with E-state index in [2.05, 4.69) is 22.4 Å². The van der Waals surface area contributed by atoms with Crippen molar-refractivity contribution in [2.24, 2.45) is 0 Å². The molecule has 2 heterocycles. The number of fused-ring (bicyclic) bond motifs is 1. The molecule has 0 aliphatic carbocycles. The molecular weight excluding hydrogens is 216 g/mol. The molecule has 88 valence electrons. The van der Waals surface area contributed by atoms with Crippen molar-refractivity contribution in [3.8, 4) is 11.5 Å². The van der Waals surface area contributed by atoms with Crippen LogP contribution in [-0.4, -0.2) is 12.0 Å². The quantitative estimate of drug-likeness (QED) is 0.877. The topological polar surface area (TPSA) is 47.3 Å². The summed E-state index contributed by atoms with van der Waals surface area (Å²) in [5.41, 5.74) is 4.42. The third-order valence-electron chi connectivity index (χ3n) is 2.88. The van der Waals surface area contributed by atoms with Crippen molar-refractivity contribution in [2.45, 2.75) is 19.8 Å². The predicted molar refractivity (Wildman–Crippen MR) is 63.2 cm³/mol. The molecule has 4 heteroatoms. The lowest BCUT2D eigenvalue weighted by Crippen LogP contribution is -2.04. The highest BCUT2D eigenvalue weighted by atomic mass is 16.5. The summed E-state index contributed by atoms with van der Waals surface area (Å²) in [5.74, 6) is 0.671. The Hall–Kier alpha value is -1.65. The Kier molecular flexibility index (Phi) is 2.66. The van der Waals surface area contributed by atoms with Gasteiger partial charge in [0.25, 0.3) is 0 Å². The first-order valence-corrected chi connectivity index (χ1v) is 5.66. The Labute approximate surface area is 99.6 Å². The molecule has 1 aromatic heterocycles. The minimum absolute atomic E-state index is 0.671. The van der Waals surface area contributed by atoms with E-state index in [-0.39, 0.29) is 0 Å². The second-order valence-electron chi connectivity index (χ2n) is 4.15. The number of ether oxygens (including phenoxy) is 1. The first-order valence-electron chi connectivity index (χ1n) is 5.66. The molecular formula is C13H14N2O2. The summed E-state index contributed by atoms with van der Waals surface area (Å²) in [5, 5.41) is 3.05. The Balaban J connectivity index is 1.92. The third-order valence-corrected chi connectivity index (χ3v) is 2.88. The number of benzene rings is 1. The van der Waals surface area contributed by atoms with Crippen LogP contribution < -0.4 is 5.32 Å². The SMILES string of the molecule is CNCc1coc(-c2ccc3c(c2)COC3)n1. The molecule has 0 spiro atoms. The van der Waals surface area contributed by atoms with Crippen LogP contribution in [0.15, 0.2) is 28.9 Å². The molecule has 0 radical (unpaired) electrons. The molecule has 1 N–H and O–H groups in total. The number of nitrogens with one attached hydrogen (secondary N) is 1. The van der Waals surface area contributed by atoms with Crippen LogP contribution >= 0.6 is 0 Å². The highest BCUT2D eigenvalue weighted by Crippen LogP contribution is 2.26. The van der Waals surface area contributed by atoms with E-state index in [1.54, 1.807) is 6.26 Å². The molecule has 0 amide bonds. The van der Waals surface area contributed by atoms with Crippen molar-refractivity contribution in [3.63, 3.8) is 0 Å². The van der Waals surface area contributed by atoms with Crippen LogP contribution in [0, 0.1) is 0 Å². The van der Waals surface area contributed by atoms with Gasteiger partial charge in [-0.1, -0.05) is 6.07 Å². The van der Waals surface area contributed by atoms with Gasteiger partial charge in [-0.25, -0.2) is 4.98 Å². The highest BCUT2D eigenvalue weighted by Gasteiger charge is 2.14. The summed E-state index contributed by atoms with van der Waals surface area (Å²) >= 11 is 0. The summed E-state index contributed by atoms with van der Waals surface area (Å²) in [4.78, 5) is 4.43. The van der Waals surface area contributed by atoms with Gasteiger partial charge in [0, 0.05) is 12.1 Å². The van der Waals surface area contributed by atoms with E-state index in [9.17, 15) is 0 Å². The van der Waals surface area contributed by atoms with Crippen LogP contribution in [0.2, 0.25) is 0 Å². The van der Waals surface area contributed by atoms with Gasteiger partial charge in [-0.15, -0.1) is 0 Å². The zero-order valence-electron chi connectivity index (χ0n) is 9.69. The molecule has 3 rings (SSSR count). The molecule has 1 aliphatic rings. The van der Waals surface area contributed by atoms with E-state index < -0.39 is 0 Å². The lowest BCUT2D eigenvalue weighted by atomic mass is 10.1. The van der Waals surface area contributed by atoms with Gasteiger partial charge in [0.15, 0.2) is 0 Å². The van der Waals surface area contributed by atoms with Crippen LogP contribution in [0.5, 0.6) is 0 Å². The minimum Gasteiger partial charge on any atom is -0.444 e. The fourth-order valence-electron chi connectivity index (χ4n) is 2.01. The lowest BCUT2D eigenvalue weighted by molar-refractivity contribution is 0.134. The number of hydrogen-bond acceptors (Lipinski definition) is 4. The van der Waals surface area contributed by atoms with Gasteiger partial charge in [0.05, 0.1) is 18.9 Å². The van der Waals surface area contributed by atoms with Gasteiger partial charge in [0.2, 0.25) is 5.89 Å². The van der Waals surface area contributed by atoms with Crippen LogP contribution in [0.25, 0.3) is 11.5 Å². The fourth-order valence-corrected chi connectivity index (χ4v) is 2.01. The summed E-state index contributed by atoms with van der Waals surface area (Å²) in [6.45, 7) is 2.12. The van der Waals surface area contributed by atoms with Crippen molar-refractivity contribution in [3.05, 3.63) is 41.3 Å². The van der Waals surface area contributed by atoms with Crippen molar-refractivity contribution >= 4 is 0 Å². The highest BCUT2D eigenvalue weighted by molar-refractivity contribution is 5.56. The van der Waals surface area contributed by atoms with Crippen LogP contribution in [0.1, 0.15) is 16.8 Å². The number of aromatic nitrogens is 1. The molecule has 0 saturated carbocycles. The smallest absolute Gasteiger partial charge is 0.226 e. The average molecular weight is 230 g/mol. The molecule has 0 bridgehead atoms. The normalized spacial score (nSPS) is 13.9. The third kappa shape index (κ3) is 1.97. The summed E-state index contributed by atoms with van der Waals surface area (Å²) < 4.78 is 10.9. The second-order valence-corrected chi connectivity index (χ2v) is 4.15. The maximum absolute atomic E-state index is 5.47. The number of rotatable bonds is 3. The van der Waals surface area contributed by atoms with Gasteiger partial charge in [-0.2, -0.15) is 0 Å². The van der Waals surface area contributed by atoms with E-state index in [1.807, 2.05) is 13.1 Å². The van der Waals surface area contributed by atoms with E-state index >= 15 is 0 Å². The molecule has 1 aliphatic heterocycles. The Morgan fingerprint density at radius 3 is 3.06 bits per heavy atom. The van der Waals surface area contributed by atoms with Crippen LogP contribution in [0.4, 0.5) is 0 Å². The van der Waals surface area contributed by atoms with Gasteiger partial charge >= 0.3 is 0 Å². The van der Waals surface area contributed by atoms with Crippen molar-refractivity contribution in [1.82, 2.24) is 10.3 Å². The predicted octanol–water partition coefficient (Wildman–Crippen LogP) is 2.09. The van der Waals surface area contributed by atoms with Crippen LogP contribution in [0.3, 0.4) is 0 Å². The van der Waals surface area contributed by atoms with E-state index in [4.69, 9.17) is 9.15 Å². The van der Waals surface area contributed by atoms with Crippen LogP contribution in [-0.2, 0) is 24.5 Å². The Bertz CT molecular complexity index is 534. The number of hydrogen-bond donors (Lipinski definition) is 1. The molecule has 0 unspecified atom stereocenters. The molecule has 2 aromatic rings. The zero-order valence-corrected chi connectivity index (χ0v) is 9.69. The minimum atomic E-state index is 0.671. The maximum atomic E-state index is 5.47. The Morgan fingerprint density at radius 1 is 1.29 bits per heavy atom. The molecule has 4 nitrogen and oxygen atoms in total. The maximum Gasteiger partial charge on any atom is 0.226 e. The van der Waals surface area contributed by atoms with E-state index in [1.165, 1.54) is 11.1 Å². The Morgan fingerprint density at radius 2 is 2.18 bits per heavy atom. The first-order chi connectivity index (χ1) is 8.36. The molecule has 0 fully saturated rings. The zero-order chi connectivity index (χ0) is 11.7. The van der Waals surface area contributed by atoms with Crippen molar-refractivity contribution in [2.75, 3.05) is 7.05 Å². The van der Waals surface area contributed by atoms with Crippen molar-refractivity contribution < 1.29 is 9.15 Å². The van der Waals surface area contributed by atoms with Gasteiger partial charge in [-0.05, 0) is 30.3 Å². The summed E-state index contributed by atoms with van der Waals surface area (Å²) in [6.07, 6.45) is 1.69. The van der Waals surface area contributed by atoms with Gasteiger partial charge in [0.1, 0.15) is 6.26 Å². The lowest BCUT2D eigenvalue weighted by Gasteiger charge is -1.99. The largest absolute Gasteiger partial charge is 0.444 e. The fraction of sp³-hybridized carbons (Fsp3) is 0.308. The molecule has 1 aromatic carbocycles. The summed E-state index contributed by atoms with van der Waals surface area (Å²) in [7, 11) is 1.89. The standard InChI is InChI=1S/C13H14N2O2/c1-14-5-12-8-17-13(15-12)9-2-3-10-6-16-7-11(10)4-9/h2-4,8,14H,5-7H2,1H3. The number of nitrogens with zero attached hydrogens (tertiary/aromatic N) is 1. The van der Waals surface area contributed by atoms with Gasteiger partial charge in [-0.3, -0.25) is 0 Å². The first kappa shape index (κ1) is 10.5. The number of oxazole rings is 1. The summed E-state index contributed by atoms with van der Waals surface area (Å²) in [6, 6.07) is 6.21. The van der Waals surface area contributed by atoms with Gasteiger partial charge < -0.3 is 14.5 Å². The average Bonchev–Trinajstić information content (AvgIpc) is 2.96. The molecule has 0 saturated heterocycles.